The predicted octanol–water partition coefficient (Wildman–Crippen LogP) is 6.31. The van der Waals surface area contributed by atoms with Gasteiger partial charge in [-0.3, -0.25) is 15.1 Å². The van der Waals surface area contributed by atoms with E-state index in [0.29, 0.717) is 11.5 Å². The molecule has 2 aromatic carbocycles. The Hall–Kier alpha value is -4.88. The van der Waals surface area contributed by atoms with E-state index in [0.717, 1.165) is 41.5 Å². The van der Waals surface area contributed by atoms with E-state index in [1.54, 1.807) is 6.07 Å². The van der Waals surface area contributed by atoms with Crippen LogP contribution in [0.1, 0.15) is 93.2 Å². The molecule has 2 bridgehead atoms. The van der Waals surface area contributed by atoms with E-state index in [4.69, 9.17) is 18.8 Å². The van der Waals surface area contributed by atoms with Crippen LogP contribution in [0.25, 0.3) is 0 Å². The SMILES string of the molecule is COc1c(C(=O)O)ccc(C(C)(C)C)c1CC(NC(=O)C(NS(=O)(=O)c1cccnc1)c1csc(NC(=O)OCc2ccccc2)n1)B1OC2C[C@H]3C[C@@H](C3(C)C)[C@]2(C)O1. The van der Waals surface area contributed by atoms with Gasteiger partial charge in [0.2, 0.25) is 15.9 Å². The summed E-state index contributed by atoms with van der Waals surface area (Å²) in [6, 6.07) is 13.5. The number of aromatic nitrogens is 2. The number of aromatic carboxylic acids is 1. The number of carboxylic acids is 1. The zero-order valence-corrected chi connectivity index (χ0v) is 36.2. The number of ether oxygens (including phenoxy) is 2. The van der Waals surface area contributed by atoms with Crippen molar-refractivity contribution in [3.63, 3.8) is 0 Å². The van der Waals surface area contributed by atoms with Crippen molar-refractivity contribution in [2.75, 3.05) is 12.4 Å². The highest BCUT2D eigenvalue weighted by atomic mass is 32.2. The summed E-state index contributed by atoms with van der Waals surface area (Å²) in [7, 11) is -4.01. The standard InChI is InChI=1S/C42H50BN5O10S2/c1-40(2,3)29-16-15-27(37(50)51)35(55-7)28(29)20-33(43-57-32-19-25-18-31(41(25,4)5)42(32,6)58-43)46-36(49)34(48-60(53,54)26-14-11-17-44-21-26)30-23-59-38(45-30)47-39(52)56-22-24-12-9-8-10-13-24/h8-17,21,23,25,31-34,48H,18-20,22H2,1-7H3,(H,46,49)(H,50,51)(H,45,47,52)/t25-,31+,32?,33?,34?,42+/m1/s1. The minimum Gasteiger partial charge on any atom is -0.496 e. The molecule has 8 rings (SSSR count). The van der Waals surface area contributed by atoms with Crippen LogP contribution in [0.4, 0.5) is 9.93 Å². The van der Waals surface area contributed by atoms with Crippen LogP contribution in [-0.4, -0.2) is 73.3 Å². The largest absolute Gasteiger partial charge is 0.496 e. The topological polar surface area (TPSA) is 204 Å². The number of thiazole rings is 1. The Morgan fingerprint density at radius 2 is 1.82 bits per heavy atom. The van der Waals surface area contributed by atoms with Crippen molar-refractivity contribution < 1.29 is 46.7 Å². The van der Waals surface area contributed by atoms with E-state index in [1.165, 1.54) is 36.9 Å². The van der Waals surface area contributed by atoms with E-state index in [2.05, 4.69) is 39.2 Å². The maximum Gasteiger partial charge on any atom is 0.482 e. The van der Waals surface area contributed by atoms with Gasteiger partial charge in [0, 0.05) is 23.3 Å². The summed E-state index contributed by atoms with van der Waals surface area (Å²) in [5.41, 5.74) is 0.831. The predicted molar refractivity (Wildman–Crippen MR) is 224 cm³/mol. The third-order valence-electron chi connectivity index (χ3n) is 12.3. The number of nitrogens with one attached hydrogen (secondary N) is 3. The van der Waals surface area contributed by atoms with Crippen LogP contribution >= 0.6 is 11.3 Å². The van der Waals surface area contributed by atoms with Crippen molar-refractivity contribution in [3.8, 4) is 5.75 Å². The number of pyridine rings is 1. The molecule has 0 spiro atoms. The first-order valence-electron chi connectivity index (χ1n) is 19.7. The molecule has 60 heavy (non-hydrogen) atoms. The molecule has 3 saturated carbocycles. The molecule has 2 amide bonds. The van der Waals surface area contributed by atoms with Crippen LogP contribution in [0.3, 0.4) is 0 Å². The van der Waals surface area contributed by atoms with Crippen molar-refractivity contribution in [2.24, 2.45) is 17.3 Å². The van der Waals surface area contributed by atoms with Gasteiger partial charge < -0.3 is 29.2 Å². The van der Waals surface area contributed by atoms with Crippen molar-refractivity contribution in [1.82, 2.24) is 20.0 Å². The summed E-state index contributed by atoms with van der Waals surface area (Å²) >= 11 is 0.974. The lowest BCUT2D eigenvalue weighted by Gasteiger charge is -2.64. The number of sulfonamides is 1. The van der Waals surface area contributed by atoms with Gasteiger partial charge in [0.15, 0.2) is 5.13 Å². The van der Waals surface area contributed by atoms with Gasteiger partial charge in [0.1, 0.15) is 28.9 Å². The molecule has 4 aromatic rings. The van der Waals surface area contributed by atoms with E-state index in [-0.39, 0.29) is 57.5 Å². The first kappa shape index (κ1) is 43.2. The summed E-state index contributed by atoms with van der Waals surface area (Å²) in [5.74, 6) is -2.24. The molecule has 318 valence electrons. The smallest absolute Gasteiger partial charge is 0.482 e. The van der Waals surface area contributed by atoms with Gasteiger partial charge in [-0.05, 0) is 78.2 Å². The van der Waals surface area contributed by atoms with Crippen LogP contribution in [0.15, 0.2) is 77.3 Å². The molecule has 4 N–H and O–H groups in total. The number of hydrogen-bond acceptors (Lipinski definition) is 12. The second-order valence-electron chi connectivity index (χ2n) is 17.4. The maximum absolute atomic E-state index is 14.8. The summed E-state index contributed by atoms with van der Waals surface area (Å²) in [6.45, 7) is 12.5. The second-order valence-corrected chi connectivity index (χ2v) is 20.0. The fourth-order valence-electron chi connectivity index (χ4n) is 9.01. The zero-order chi connectivity index (χ0) is 43.2. The molecule has 1 saturated heterocycles. The van der Waals surface area contributed by atoms with E-state index in [1.807, 2.05) is 58.0 Å². The molecule has 0 radical (unpaired) electrons. The molecule has 4 aliphatic rings. The minimum atomic E-state index is -4.38. The highest BCUT2D eigenvalue weighted by Gasteiger charge is 2.68. The highest BCUT2D eigenvalue weighted by Crippen LogP contribution is 2.65. The summed E-state index contributed by atoms with van der Waals surface area (Å²) < 4.78 is 54.9. The van der Waals surface area contributed by atoms with Crippen LogP contribution in [0.2, 0.25) is 0 Å². The summed E-state index contributed by atoms with van der Waals surface area (Å²) in [5, 5.41) is 17.3. The van der Waals surface area contributed by atoms with E-state index in [9.17, 15) is 27.9 Å². The Morgan fingerprint density at radius 3 is 2.47 bits per heavy atom. The molecular formula is C42H50BN5O10S2. The Balaban J connectivity index is 1.24. The molecule has 18 heteroatoms. The van der Waals surface area contributed by atoms with Crippen LogP contribution in [-0.2, 0) is 47.3 Å². The van der Waals surface area contributed by atoms with E-state index >= 15 is 0 Å². The molecule has 2 aromatic heterocycles. The van der Waals surface area contributed by atoms with Crippen molar-refractivity contribution >= 4 is 51.6 Å². The number of carbonyl (C=O) groups is 3. The fraction of sp³-hybridized carbons (Fsp3) is 0.452. The normalized spacial score (nSPS) is 22.8. The van der Waals surface area contributed by atoms with Gasteiger partial charge in [-0.15, -0.1) is 11.3 Å². The Labute approximate surface area is 354 Å². The second kappa shape index (κ2) is 16.5. The first-order chi connectivity index (χ1) is 28.3. The number of methoxy groups -OCH3 is 1. The summed E-state index contributed by atoms with van der Waals surface area (Å²) in [6.07, 6.45) is 3.24. The number of amides is 2. The van der Waals surface area contributed by atoms with Crippen LogP contribution in [0, 0.1) is 17.3 Å². The van der Waals surface area contributed by atoms with Gasteiger partial charge in [-0.2, -0.15) is 4.72 Å². The lowest BCUT2D eigenvalue weighted by atomic mass is 9.43. The number of carboxylic acid groups (broad SMARTS) is 1. The zero-order valence-electron chi connectivity index (χ0n) is 34.6. The third kappa shape index (κ3) is 8.52. The van der Waals surface area contributed by atoms with Gasteiger partial charge >= 0.3 is 19.2 Å². The molecule has 15 nitrogen and oxygen atoms in total. The Bertz CT molecular complexity index is 2360. The number of rotatable bonds is 14. The molecule has 3 unspecified atom stereocenters. The average molecular weight is 860 g/mol. The molecular weight excluding hydrogens is 809 g/mol. The Kier molecular flexibility index (Phi) is 11.9. The van der Waals surface area contributed by atoms with Gasteiger partial charge in [-0.25, -0.2) is 23.0 Å². The summed E-state index contributed by atoms with van der Waals surface area (Å²) in [4.78, 5) is 48.3. The van der Waals surface area contributed by atoms with Gasteiger partial charge in [0.05, 0.1) is 30.4 Å². The minimum absolute atomic E-state index is 0.00341. The Morgan fingerprint density at radius 1 is 1.07 bits per heavy atom. The maximum atomic E-state index is 14.8. The van der Waals surface area contributed by atoms with E-state index < -0.39 is 58.1 Å². The molecule has 4 fully saturated rings. The van der Waals surface area contributed by atoms with Crippen molar-refractivity contribution in [3.05, 3.63) is 100 Å². The number of benzene rings is 2. The molecule has 3 heterocycles. The molecule has 1 aliphatic heterocycles. The fourth-order valence-corrected chi connectivity index (χ4v) is 10.9. The van der Waals surface area contributed by atoms with Crippen molar-refractivity contribution in [2.45, 2.75) is 101 Å². The molecule has 3 aliphatic carbocycles. The number of carbonyl (C=O) groups excluding carboxylic acids is 2. The van der Waals surface area contributed by atoms with Crippen LogP contribution < -0.4 is 20.1 Å². The quantitative estimate of drug-likeness (QED) is 0.103. The van der Waals surface area contributed by atoms with Gasteiger partial charge in [0.25, 0.3) is 0 Å². The third-order valence-corrected chi connectivity index (χ3v) is 14.5. The lowest BCUT2D eigenvalue weighted by Crippen LogP contribution is -2.65. The number of anilines is 1. The average Bonchev–Trinajstić information content (AvgIpc) is 3.82. The number of hydrogen-bond donors (Lipinski definition) is 4. The number of nitrogens with zero attached hydrogens (tertiary/aromatic N) is 2. The highest BCUT2D eigenvalue weighted by molar-refractivity contribution is 7.89. The lowest BCUT2D eigenvalue weighted by molar-refractivity contribution is -0.199. The van der Waals surface area contributed by atoms with Crippen molar-refractivity contribution in [1.29, 1.82) is 0 Å². The van der Waals surface area contributed by atoms with Gasteiger partial charge in [-0.1, -0.05) is 71.0 Å². The first-order valence-corrected chi connectivity index (χ1v) is 22.1. The molecule has 6 atom stereocenters. The van der Waals surface area contributed by atoms with Crippen LogP contribution in [0.5, 0.6) is 5.75 Å². The monoisotopic (exact) mass is 859 g/mol.